The molecule has 1 heterocycles. The number of nitrogens with two attached hydrogens (primary N) is 1. The Labute approximate surface area is 139 Å². The summed E-state index contributed by atoms with van der Waals surface area (Å²) in [4.78, 5) is 0. The summed E-state index contributed by atoms with van der Waals surface area (Å²) in [6, 6.07) is 0. The van der Waals surface area contributed by atoms with Gasteiger partial charge in [0, 0.05) is 0 Å². The van der Waals surface area contributed by atoms with Gasteiger partial charge in [0.2, 0.25) is 0 Å². The molecular formula is C20H41NO. The van der Waals surface area contributed by atoms with E-state index < -0.39 is 0 Å². The first-order chi connectivity index (χ1) is 10.9. The van der Waals surface area contributed by atoms with Crippen LogP contribution in [0.15, 0.2) is 0 Å². The van der Waals surface area contributed by atoms with E-state index in [1.54, 1.807) is 0 Å². The Kier molecular flexibility index (Phi) is 14.3. The van der Waals surface area contributed by atoms with Crippen molar-refractivity contribution in [1.29, 1.82) is 0 Å². The van der Waals surface area contributed by atoms with Crippen LogP contribution in [0.25, 0.3) is 0 Å². The van der Waals surface area contributed by atoms with Gasteiger partial charge in [0.05, 0.1) is 12.7 Å². The van der Waals surface area contributed by atoms with Gasteiger partial charge in [-0.15, -0.1) is 0 Å². The van der Waals surface area contributed by atoms with Crippen molar-refractivity contribution in [3.05, 3.63) is 0 Å². The van der Waals surface area contributed by atoms with Crippen LogP contribution in [0.1, 0.15) is 109 Å². The second-order valence-electron chi connectivity index (χ2n) is 7.19. The van der Waals surface area contributed by atoms with Crippen LogP contribution in [0.5, 0.6) is 0 Å². The molecule has 0 saturated carbocycles. The topological polar surface area (TPSA) is 38.5 Å². The van der Waals surface area contributed by atoms with E-state index in [0.29, 0.717) is 6.10 Å². The molecule has 1 unspecified atom stereocenters. The highest BCUT2D eigenvalue weighted by atomic mass is 16.6. The first-order valence-corrected chi connectivity index (χ1v) is 10.2. The van der Waals surface area contributed by atoms with Crippen molar-refractivity contribution in [2.45, 2.75) is 115 Å². The summed E-state index contributed by atoms with van der Waals surface area (Å²) < 4.78 is 5.23. The van der Waals surface area contributed by atoms with Gasteiger partial charge in [0.1, 0.15) is 0 Å². The maximum Gasteiger partial charge on any atom is 0.0810 e. The zero-order chi connectivity index (χ0) is 15.7. The highest BCUT2D eigenvalue weighted by Crippen LogP contribution is 2.18. The molecule has 2 N–H and O–H groups in total. The number of rotatable bonds is 18. The minimum atomic E-state index is 0.644. The Morgan fingerprint density at radius 2 is 0.864 bits per heavy atom. The third-order valence-corrected chi connectivity index (χ3v) is 4.88. The molecule has 1 rings (SSSR count). The Balaban J connectivity index is 1.59. The van der Waals surface area contributed by atoms with Crippen LogP contribution in [-0.2, 0) is 4.74 Å². The van der Waals surface area contributed by atoms with Crippen LogP contribution >= 0.6 is 0 Å². The highest BCUT2D eigenvalue weighted by Gasteiger charge is 2.20. The van der Waals surface area contributed by atoms with Crippen LogP contribution in [0.2, 0.25) is 0 Å². The van der Waals surface area contributed by atoms with Gasteiger partial charge in [-0.1, -0.05) is 96.3 Å². The first kappa shape index (κ1) is 20.0. The largest absolute Gasteiger partial charge is 0.373 e. The van der Waals surface area contributed by atoms with E-state index in [-0.39, 0.29) is 0 Å². The molecule has 0 radical (unpaired) electrons. The van der Waals surface area contributed by atoms with Crippen LogP contribution in [0, 0.1) is 0 Å². The fourth-order valence-electron chi connectivity index (χ4n) is 3.23. The number of unbranched alkanes of at least 4 members (excludes halogenated alkanes) is 15. The maximum atomic E-state index is 5.50. The van der Waals surface area contributed by atoms with Crippen molar-refractivity contribution in [2.24, 2.45) is 5.73 Å². The van der Waals surface area contributed by atoms with Crippen molar-refractivity contribution in [1.82, 2.24) is 0 Å². The Morgan fingerprint density at radius 1 is 0.545 bits per heavy atom. The highest BCUT2D eigenvalue weighted by molar-refractivity contribution is 4.68. The predicted molar refractivity (Wildman–Crippen MR) is 97.3 cm³/mol. The van der Waals surface area contributed by atoms with Crippen molar-refractivity contribution in [3.8, 4) is 0 Å². The Bertz CT molecular complexity index is 216. The summed E-state index contributed by atoms with van der Waals surface area (Å²) in [7, 11) is 0. The van der Waals surface area contributed by atoms with E-state index in [2.05, 4.69) is 0 Å². The van der Waals surface area contributed by atoms with Gasteiger partial charge in [0.15, 0.2) is 0 Å². The molecule has 2 heteroatoms. The van der Waals surface area contributed by atoms with Gasteiger partial charge in [-0.05, 0) is 19.4 Å². The van der Waals surface area contributed by atoms with Gasteiger partial charge in [0.25, 0.3) is 0 Å². The second kappa shape index (κ2) is 15.8. The number of epoxide rings is 1. The summed E-state index contributed by atoms with van der Waals surface area (Å²) in [5, 5.41) is 0. The van der Waals surface area contributed by atoms with Crippen LogP contribution in [0.3, 0.4) is 0 Å². The van der Waals surface area contributed by atoms with E-state index in [4.69, 9.17) is 10.5 Å². The SMILES string of the molecule is NCCCCCCCCCCCCCCCCCCC1CO1. The van der Waals surface area contributed by atoms with E-state index in [0.717, 1.165) is 13.2 Å². The molecule has 0 aliphatic carbocycles. The van der Waals surface area contributed by atoms with E-state index in [1.807, 2.05) is 0 Å². The molecule has 0 bridgehead atoms. The van der Waals surface area contributed by atoms with E-state index >= 15 is 0 Å². The van der Waals surface area contributed by atoms with Gasteiger partial charge in [-0.25, -0.2) is 0 Å². The van der Waals surface area contributed by atoms with Crippen molar-refractivity contribution in [3.63, 3.8) is 0 Å². The summed E-state index contributed by atoms with van der Waals surface area (Å²) in [5.41, 5.74) is 5.50. The number of hydrogen-bond donors (Lipinski definition) is 1. The molecule has 2 nitrogen and oxygen atoms in total. The Morgan fingerprint density at radius 3 is 1.18 bits per heavy atom. The average Bonchev–Trinajstić information content (AvgIpc) is 3.34. The lowest BCUT2D eigenvalue weighted by molar-refractivity contribution is 0.387. The summed E-state index contributed by atoms with van der Waals surface area (Å²) >= 11 is 0. The molecule has 1 aliphatic heterocycles. The number of ether oxygens (including phenoxy) is 1. The maximum absolute atomic E-state index is 5.50. The van der Waals surface area contributed by atoms with Gasteiger partial charge in [-0.3, -0.25) is 0 Å². The third kappa shape index (κ3) is 14.8. The summed E-state index contributed by atoms with van der Waals surface area (Å²) in [6.45, 7) is 1.91. The monoisotopic (exact) mass is 311 g/mol. The fraction of sp³-hybridized carbons (Fsp3) is 1.00. The molecule has 0 aromatic rings. The predicted octanol–water partition coefficient (Wildman–Crippen LogP) is 5.98. The Hall–Kier alpha value is -0.0800. The molecule has 1 fully saturated rings. The van der Waals surface area contributed by atoms with E-state index in [1.165, 1.54) is 109 Å². The molecule has 0 amide bonds. The molecule has 0 aromatic heterocycles. The van der Waals surface area contributed by atoms with Crippen molar-refractivity contribution in [2.75, 3.05) is 13.2 Å². The molecule has 22 heavy (non-hydrogen) atoms. The van der Waals surface area contributed by atoms with E-state index in [9.17, 15) is 0 Å². The van der Waals surface area contributed by atoms with Gasteiger partial charge >= 0.3 is 0 Å². The fourth-order valence-corrected chi connectivity index (χ4v) is 3.23. The van der Waals surface area contributed by atoms with Gasteiger partial charge in [-0.2, -0.15) is 0 Å². The molecule has 0 aromatic carbocycles. The lowest BCUT2D eigenvalue weighted by Crippen LogP contribution is -1.97. The zero-order valence-electron chi connectivity index (χ0n) is 15.0. The molecule has 132 valence electrons. The zero-order valence-corrected chi connectivity index (χ0v) is 15.0. The minimum Gasteiger partial charge on any atom is -0.373 e. The molecule has 1 saturated heterocycles. The summed E-state index contributed by atoms with van der Waals surface area (Å²) in [6.07, 6.45) is 24.7. The smallest absolute Gasteiger partial charge is 0.0810 e. The van der Waals surface area contributed by atoms with Crippen molar-refractivity contribution < 1.29 is 4.74 Å². The molecule has 1 aliphatic rings. The van der Waals surface area contributed by atoms with Crippen LogP contribution in [-0.4, -0.2) is 19.3 Å². The number of hydrogen-bond acceptors (Lipinski definition) is 2. The summed E-state index contributed by atoms with van der Waals surface area (Å²) in [5.74, 6) is 0. The molecule has 0 spiro atoms. The standard InChI is InChI=1S/C20H41NO/c21-18-16-14-12-10-8-6-4-2-1-3-5-7-9-11-13-15-17-20-19-22-20/h20H,1-19,21H2. The molecule has 1 atom stereocenters. The average molecular weight is 312 g/mol. The normalized spacial score (nSPS) is 17.0. The first-order valence-electron chi connectivity index (χ1n) is 10.2. The lowest BCUT2D eigenvalue weighted by Gasteiger charge is -2.03. The van der Waals surface area contributed by atoms with Crippen LogP contribution < -0.4 is 5.73 Å². The van der Waals surface area contributed by atoms with Crippen molar-refractivity contribution >= 4 is 0 Å². The second-order valence-corrected chi connectivity index (χ2v) is 7.19. The quantitative estimate of drug-likeness (QED) is 0.250. The van der Waals surface area contributed by atoms with Gasteiger partial charge < -0.3 is 10.5 Å². The third-order valence-electron chi connectivity index (χ3n) is 4.88. The molecular weight excluding hydrogens is 270 g/mol. The minimum absolute atomic E-state index is 0.644. The van der Waals surface area contributed by atoms with Crippen LogP contribution in [0.4, 0.5) is 0 Å². The lowest BCUT2D eigenvalue weighted by atomic mass is 10.0.